The molecule has 4 aliphatic heterocycles. The van der Waals surface area contributed by atoms with Gasteiger partial charge in [0.2, 0.25) is 0 Å². The van der Waals surface area contributed by atoms with Crippen molar-refractivity contribution in [3.63, 3.8) is 0 Å². The molecule has 9 rings (SSSR count). The average molecular weight is 1140 g/mol. The van der Waals surface area contributed by atoms with Crippen LogP contribution in [0.4, 0.5) is 0 Å². The predicted molar refractivity (Wildman–Crippen MR) is 271 cm³/mol. The molecule has 24 heteroatoms. The molecule has 11 N–H and O–H groups in total. The van der Waals surface area contributed by atoms with E-state index in [2.05, 4.69) is 47.6 Å². The van der Waals surface area contributed by atoms with Gasteiger partial charge in [-0.25, -0.2) is 4.79 Å². The van der Waals surface area contributed by atoms with E-state index in [1.165, 1.54) is 12.5 Å². The molecule has 0 bridgehead atoms. The number of carbonyl (C=O) groups is 4. The van der Waals surface area contributed by atoms with E-state index in [0.717, 1.165) is 31.8 Å². The summed E-state index contributed by atoms with van der Waals surface area (Å²) in [5.74, 6) is -2.33. The van der Waals surface area contributed by atoms with Crippen LogP contribution in [-0.4, -0.2) is 223 Å². The number of allylic oxidation sites excluding steroid dienone is 2. The van der Waals surface area contributed by atoms with Crippen LogP contribution >= 0.6 is 0 Å². The molecule has 0 radical (unpaired) electrons. The zero-order chi connectivity index (χ0) is 58.6. The Hall–Kier alpha value is -2.70. The zero-order valence-electron chi connectivity index (χ0n) is 46.8. The first kappa shape index (κ1) is 61.8. The van der Waals surface area contributed by atoms with Gasteiger partial charge in [-0.15, -0.1) is 0 Å². The zero-order valence-corrected chi connectivity index (χ0v) is 46.8. The third-order valence-electron chi connectivity index (χ3n) is 21.8. The highest BCUT2D eigenvalue weighted by Crippen LogP contribution is 2.76. The van der Waals surface area contributed by atoms with Gasteiger partial charge in [0.05, 0.1) is 37.4 Å². The highest BCUT2D eigenvalue weighted by Gasteiger charge is 2.71. The Bertz CT molecular complexity index is 2300. The summed E-state index contributed by atoms with van der Waals surface area (Å²) in [6.45, 7) is 14.3. The molecule has 0 aromatic carbocycles. The van der Waals surface area contributed by atoms with Crippen LogP contribution in [0.25, 0.3) is 0 Å². The topological polar surface area (TPSA) is 374 Å². The standard InChI is InChI=1S/C56H86O24/c1-24-46(73-25(2)61)51(3,4)18-27-26-9-10-33-52(5)13-12-34(53(6,22-59)32(52)11-14-55(33,8)54(26,7)15-16-56(24,27)23-60)77-35-17-29(39(66)43(78-35)47(70)71)74-49-44(40(67)37(64)30(19-57)75-49)80-50-45(41(68)38(65)31(20-58)76-50)79-48-42(69)36(63)28(62)21-72-48/h9,22-24,27-46,48-50,57-58,62-69H,10-21H2,1-8H3,(H,70,71)/t24-,27-,28+,29+,30+,31+,32+,33+,34-,35+,36-,37+,38+,39-,40-,41-,42+,43-,44+,45+,46-,48-,49+,50-,52-,53-,54+,55+,56+/m0/s1. The van der Waals surface area contributed by atoms with Gasteiger partial charge in [-0.2, -0.15) is 0 Å². The number of carboxylic acids is 1. The van der Waals surface area contributed by atoms with Crippen LogP contribution < -0.4 is 0 Å². The minimum absolute atomic E-state index is 0.0526. The Morgan fingerprint density at radius 3 is 1.89 bits per heavy atom. The van der Waals surface area contributed by atoms with Crippen molar-refractivity contribution in [2.75, 3.05) is 19.8 Å². The summed E-state index contributed by atoms with van der Waals surface area (Å²) in [6, 6.07) is 0. The Kier molecular flexibility index (Phi) is 17.5. The second-order valence-electron chi connectivity index (χ2n) is 26.3. The monoisotopic (exact) mass is 1140 g/mol. The van der Waals surface area contributed by atoms with Crippen molar-refractivity contribution in [3.8, 4) is 0 Å². The molecule has 5 aliphatic carbocycles. The van der Waals surface area contributed by atoms with E-state index in [9.17, 15) is 75.3 Å². The number of carbonyl (C=O) groups excluding carboxylic acids is 3. The molecule has 0 unspecified atom stereocenters. The second kappa shape index (κ2) is 22.6. The van der Waals surface area contributed by atoms with Crippen LogP contribution in [0.5, 0.6) is 0 Å². The first-order valence-corrected chi connectivity index (χ1v) is 28.4. The predicted octanol–water partition coefficient (Wildman–Crippen LogP) is -0.628. The summed E-state index contributed by atoms with van der Waals surface area (Å²) >= 11 is 0. The number of fused-ring (bicyclic) bond motifs is 7. The van der Waals surface area contributed by atoms with E-state index in [0.29, 0.717) is 32.1 Å². The molecule has 29 atom stereocenters. The first-order valence-electron chi connectivity index (χ1n) is 28.4. The molecule has 4 saturated heterocycles. The molecule has 0 spiro atoms. The molecule has 24 nitrogen and oxygen atoms in total. The van der Waals surface area contributed by atoms with Crippen LogP contribution in [0.3, 0.4) is 0 Å². The number of esters is 1. The van der Waals surface area contributed by atoms with Gasteiger partial charge in [0, 0.05) is 30.1 Å². The fourth-order valence-corrected chi connectivity index (χ4v) is 17.1. The molecular formula is C56H86O24. The number of rotatable bonds is 14. The van der Waals surface area contributed by atoms with Gasteiger partial charge in [-0.05, 0) is 85.4 Å². The second-order valence-corrected chi connectivity index (χ2v) is 26.3. The number of aliphatic hydroxyl groups is 10. The van der Waals surface area contributed by atoms with Crippen molar-refractivity contribution in [3.05, 3.63) is 11.6 Å². The smallest absolute Gasteiger partial charge is 0.335 e. The van der Waals surface area contributed by atoms with Crippen molar-refractivity contribution in [1.82, 2.24) is 0 Å². The van der Waals surface area contributed by atoms with Crippen molar-refractivity contribution in [2.45, 2.75) is 236 Å². The van der Waals surface area contributed by atoms with Crippen LogP contribution in [0.1, 0.15) is 113 Å². The third kappa shape index (κ3) is 9.96. The van der Waals surface area contributed by atoms with Gasteiger partial charge in [0.15, 0.2) is 31.3 Å². The number of hydrogen-bond acceptors (Lipinski definition) is 23. The summed E-state index contributed by atoms with van der Waals surface area (Å²) in [5.41, 5.74) is -1.87. The summed E-state index contributed by atoms with van der Waals surface area (Å²) in [4.78, 5) is 52.6. The lowest BCUT2D eigenvalue weighted by atomic mass is 9.33. The van der Waals surface area contributed by atoms with Gasteiger partial charge in [-0.3, -0.25) is 4.79 Å². The van der Waals surface area contributed by atoms with Gasteiger partial charge in [0.1, 0.15) is 91.9 Å². The van der Waals surface area contributed by atoms with Crippen molar-refractivity contribution in [1.29, 1.82) is 0 Å². The summed E-state index contributed by atoms with van der Waals surface area (Å²) in [7, 11) is 0. The van der Waals surface area contributed by atoms with Crippen LogP contribution in [-0.2, 0) is 61.8 Å². The molecule has 454 valence electrons. The van der Waals surface area contributed by atoms with E-state index in [-0.39, 0.29) is 40.5 Å². The first-order chi connectivity index (χ1) is 37.5. The number of ether oxygens (including phenoxy) is 9. The largest absolute Gasteiger partial charge is 0.479 e. The summed E-state index contributed by atoms with van der Waals surface area (Å²) in [6.07, 6.45) is -24.5. The SMILES string of the molecule is CC(=O)O[C@H]1[C@H](C)[C@]2(C=O)CC[C@]3(C)C(=CC[C@@H]4[C@@]5(C)CC[C@H](O[C@H]6C[C@@H](O[C@@H]7O[C@H](CO)[C@@H](O)[C@H](O)[C@H]7O[C@@H]7O[C@H](CO)[C@@H](O)[C@H](O)[C@H]7O[C@@H]7OC[C@@H](O)[C@H](O)[C@H]7O)[C@H](O)[C@@H](C(=O)O)O6)[C@@](C)(C=O)[C@@H]5CC[C@]43C)[C@@H]2CC1(C)C. The van der Waals surface area contributed by atoms with E-state index in [1.54, 1.807) is 0 Å². The molecule has 4 heterocycles. The maximum Gasteiger partial charge on any atom is 0.335 e. The molecule has 0 amide bonds. The maximum absolute atomic E-state index is 13.8. The van der Waals surface area contributed by atoms with E-state index < -0.39 is 177 Å². The quantitative estimate of drug-likeness (QED) is 0.0446. The van der Waals surface area contributed by atoms with Crippen LogP contribution in [0, 0.1) is 56.2 Å². The third-order valence-corrected chi connectivity index (χ3v) is 21.8. The summed E-state index contributed by atoms with van der Waals surface area (Å²) < 4.78 is 53.8. The van der Waals surface area contributed by atoms with Gasteiger partial charge < -0.3 is 108 Å². The fourth-order valence-electron chi connectivity index (χ4n) is 17.1. The number of aliphatic carboxylic acids is 1. The van der Waals surface area contributed by atoms with Gasteiger partial charge in [-0.1, -0.05) is 60.1 Å². The molecule has 80 heavy (non-hydrogen) atoms. The van der Waals surface area contributed by atoms with Crippen molar-refractivity contribution in [2.24, 2.45) is 56.2 Å². The molecular weight excluding hydrogens is 1060 g/mol. The number of carboxylic acid groups (broad SMARTS) is 1. The van der Waals surface area contributed by atoms with E-state index >= 15 is 0 Å². The van der Waals surface area contributed by atoms with Crippen LogP contribution in [0.2, 0.25) is 0 Å². The molecule has 0 aromatic rings. The van der Waals surface area contributed by atoms with Crippen molar-refractivity contribution >= 4 is 24.5 Å². The molecule has 4 saturated carbocycles. The van der Waals surface area contributed by atoms with Crippen LogP contribution in [0.15, 0.2) is 11.6 Å². The maximum atomic E-state index is 13.8. The Balaban J connectivity index is 0.951. The van der Waals surface area contributed by atoms with E-state index in [4.69, 9.17) is 42.6 Å². The van der Waals surface area contributed by atoms with Crippen molar-refractivity contribution < 1.29 is 118 Å². The molecule has 9 aliphatic rings. The lowest BCUT2D eigenvalue weighted by Crippen LogP contribution is -2.67. The lowest BCUT2D eigenvalue weighted by molar-refractivity contribution is -0.396. The molecule has 0 aromatic heterocycles. The minimum Gasteiger partial charge on any atom is -0.479 e. The molecule has 8 fully saturated rings. The number of aliphatic hydroxyl groups excluding tert-OH is 10. The fraction of sp³-hybridized carbons (Fsp3) is 0.893. The van der Waals surface area contributed by atoms with Gasteiger partial charge in [0.25, 0.3) is 0 Å². The normalized spacial score (nSPS) is 52.9. The minimum atomic E-state index is -2.04. The Labute approximate surface area is 464 Å². The Morgan fingerprint density at radius 2 is 1.31 bits per heavy atom. The lowest BCUT2D eigenvalue weighted by Gasteiger charge is -2.71. The highest BCUT2D eigenvalue weighted by molar-refractivity contribution is 5.73. The number of hydrogen-bond donors (Lipinski definition) is 11. The summed E-state index contributed by atoms with van der Waals surface area (Å²) in [5, 5.41) is 118. The highest BCUT2D eigenvalue weighted by atomic mass is 16.8. The average Bonchev–Trinajstić information content (AvgIpc) is 3.18. The Morgan fingerprint density at radius 1 is 0.700 bits per heavy atom. The number of aldehydes is 2. The van der Waals surface area contributed by atoms with E-state index in [1.807, 2.05) is 6.92 Å². The van der Waals surface area contributed by atoms with Gasteiger partial charge >= 0.3 is 11.9 Å².